The SMILES string of the molecule is C=c1ccc(C2=C(c3cccc(C)n3)NC=CC2)c/c1=C/C(=C\C)C1=CCC=C(C(C)C)CC1. The summed E-state index contributed by atoms with van der Waals surface area (Å²) in [6.45, 7) is 13.1. The van der Waals surface area contributed by atoms with Gasteiger partial charge in [0.05, 0.1) is 11.4 Å². The molecular weight excluding hydrogens is 412 g/mol. The number of pyridine rings is 1. The van der Waals surface area contributed by atoms with Crippen molar-refractivity contribution in [2.75, 3.05) is 0 Å². The molecule has 0 unspecified atom stereocenters. The highest BCUT2D eigenvalue weighted by Crippen LogP contribution is 2.30. The van der Waals surface area contributed by atoms with E-state index in [1.54, 1.807) is 5.57 Å². The van der Waals surface area contributed by atoms with Gasteiger partial charge in [-0.2, -0.15) is 0 Å². The van der Waals surface area contributed by atoms with Crippen LogP contribution < -0.4 is 15.8 Å². The van der Waals surface area contributed by atoms with E-state index >= 15 is 0 Å². The number of allylic oxidation sites excluding steroid dienone is 8. The molecule has 2 heteroatoms. The van der Waals surface area contributed by atoms with Gasteiger partial charge in [-0.1, -0.05) is 68.5 Å². The number of benzene rings is 1. The van der Waals surface area contributed by atoms with Crippen molar-refractivity contribution < 1.29 is 0 Å². The summed E-state index contributed by atoms with van der Waals surface area (Å²) in [6.07, 6.45) is 17.7. The predicted octanol–water partition coefficient (Wildman–Crippen LogP) is 6.60. The van der Waals surface area contributed by atoms with Gasteiger partial charge >= 0.3 is 0 Å². The Morgan fingerprint density at radius 1 is 1.12 bits per heavy atom. The molecule has 4 rings (SSSR count). The van der Waals surface area contributed by atoms with Crippen LogP contribution in [-0.2, 0) is 0 Å². The molecule has 2 aliphatic rings. The van der Waals surface area contributed by atoms with Gasteiger partial charge < -0.3 is 5.32 Å². The van der Waals surface area contributed by atoms with Crippen molar-refractivity contribution in [2.45, 2.75) is 53.4 Å². The largest absolute Gasteiger partial charge is 0.360 e. The Kier molecular flexibility index (Phi) is 7.47. The maximum Gasteiger partial charge on any atom is 0.0870 e. The summed E-state index contributed by atoms with van der Waals surface area (Å²) >= 11 is 0. The Balaban J connectivity index is 1.72. The molecule has 0 atom stereocenters. The lowest BCUT2D eigenvalue weighted by Gasteiger charge is -2.19. The Labute approximate surface area is 204 Å². The molecule has 0 saturated carbocycles. The first kappa shape index (κ1) is 23.8. The van der Waals surface area contributed by atoms with Gasteiger partial charge in [0, 0.05) is 5.69 Å². The smallest absolute Gasteiger partial charge is 0.0870 e. The van der Waals surface area contributed by atoms with E-state index in [4.69, 9.17) is 4.98 Å². The van der Waals surface area contributed by atoms with Gasteiger partial charge in [-0.15, -0.1) is 0 Å². The average molecular weight is 449 g/mol. The minimum Gasteiger partial charge on any atom is -0.360 e. The number of aryl methyl sites for hydroxylation is 1. The molecule has 0 radical (unpaired) electrons. The number of dihydropyridines is 1. The van der Waals surface area contributed by atoms with Gasteiger partial charge in [-0.05, 0) is 109 Å². The highest BCUT2D eigenvalue weighted by atomic mass is 14.9. The van der Waals surface area contributed by atoms with Crippen molar-refractivity contribution in [3.8, 4) is 0 Å². The molecule has 0 bridgehead atoms. The van der Waals surface area contributed by atoms with Crippen molar-refractivity contribution >= 4 is 23.9 Å². The summed E-state index contributed by atoms with van der Waals surface area (Å²) in [5, 5.41) is 5.68. The zero-order chi connectivity index (χ0) is 24.1. The van der Waals surface area contributed by atoms with Crippen LogP contribution in [0.5, 0.6) is 0 Å². The number of aromatic nitrogens is 1. The maximum atomic E-state index is 4.77. The number of hydrogen-bond acceptors (Lipinski definition) is 2. The van der Waals surface area contributed by atoms with Crippen molar-refractivity contribution in [3.63, 3.8) is 0 Å². The summed E-state index contributed by atoms with van der Waals surface area (Å²) < 4.78 is 0. The minimum absolute atomic E-state index is 0.623. The molecule has 0 spiro atoms. The second-order valence-corrected chi connectivity index (χ2v) is 9.47. The van der Waals surface area contributed by atoms with Gasteiger partial charge in [0.1, 0.15) is 0 Å². The molecule has 34 heavy (non-hydrogen) atoms. The summed E-state index contributed by atoms with van der Waals surface area (Å²) in [5.41, 5.74) is 9.87. The van der Waals surface area contributed by atoms with Crippen molar-refractivity contribution in [1.82, 2.24) is 10.3 Å². The van der Waals surface area contributed by atoms with Crippen molar-refractivity contribution in [2.24, 2.45) is 5.92 Å². The molecule has 2 nitrogen and oxygen atoms in total. The lowest BCUT2D eigenvalue weighted by Crippen LogP contribution is -2.24. The predicted molar refractivity (Wildman–Crippen MR) is 147 cm³/mol. The topological polar surface area (TPSA) is 24.9 Å². The molecule has 0 fully saturated rings. The van der Waals surface area contributed by atoms with E-state index in [9.17, 15) is 0 Å². The zero-order valence-corrected chi connectivity index (χ0v) is 21.0. The fourth-order valence-electron chi connectivity index (χ4n) is 4.75. The fourth-order valence-corrected chi connectivity index (χ4v) is 4.75. The van der Waals surface area contributed by atoms with Crippen LogP contribution in [0.1, 0.15) is 63.4 Å². The molecule has 1 aromatic heterocycles. The van der Waals surface area contributed by atoms with E-state index in [0.717, 1.165) is 48.0 Å². The molecule has 1 aromatic carbocycles. The third-order valence-electron chi connectivity index (χ3n) is 6.77. The second-order valence-electron chi connectivity index (χ2n) is 9.47. The van der Waals surface area contributed by atoms with E-state index in [1.807, 2.05) is 19.2 Å². The normalized spacial score (nSPS) is 17.4. The first-order valence-electron chi connectivity index (χ1n) is 12.4. The van der Waals surface area contributed by atoms with Crippen LogP contribution in [0.15, 0.2) is 83.6 Å². The van der Waals surface area contributed by atoms with Crippen LogP contribution >= 0.6 is 0 Å². The Morgan fingerprint density at radius 3 is 2.74 bits per heavy atom. The molecule has 1 aliphatic carbocycles. The highest BCUT2D eigenvalue weighted by Gasteiger charge is 2.15. The summed E-state index contributed by atoms with van der Waals surface area (Å²) in [5.74, 6) is 0.623. The first-order valence-corrected chi connectivity index (χ1v) is 12.4. The Bertz CT molecular complexity index is 1330. The molecule has 2 aromatic rings. The van der Waals surface area contributed by atoms with Crippen LogP contribution in [0.3, 0.4) is 0 Å². The molecule has 0 saturated heterocycles. The zero-order valence-electron chi connectivity index (χ0n) is 21.0. The van der Waals surface area contributed by atoms with E-state index in [-0.39, 0.29) is 0 Å². The summed E-state index contributed by atoms with van der Waals surface area (Å²) in [7, 11) is 0. The van der Waals surface area contributed by atoms with Gasteiger partial charge in [0.2, 0.25) is 0 Å². The molecule has 0 amide bonds. The Hall–Kier alpha value is -3.39. The third-order valence-corrected chi connectivity index (χ3v) is 6.77. The maximum absolute atomic E-state index is 4.77. The van der Waals surface area contributed by atoms with Crippen LogP contribution in [0.2, 0.25) is 0 Å². The van der Waals surface area contributed by atoms with Gasteiger partial charge in [0.25, 0.3) is 0 Å². The Morgan fingerprint density at radius 2 is 1.97 bits per heavy atom. The van der Waals surface area contributed by atoms with Gasteiger partial charge in [-0.3, -0.25) is 4.98 Å². The van der Waals surface area contributed by atoms with Crippen molar-refractivity contribution in [1.29, 1.82) is 0 Å². The van der Waals surface area contributed by atoms with E-state index in [2.05, 4.69) is 93.4 Å². The molecular formula is C32H36N2. The van der Waals surface area contributed by atoms with Crippen LogP contribution in [-0.4, -0.2) is 4.98 Å². The quantitative estimate of drug-likeness (QED) is 0.522. The lowest BCUT2D eigenvalue weighted by molar-refractivity contribution is 0.710. The summed E-state index contributed by atoms with van der Waals surface area (Å²) in [4.78, 5) is 4.77. The van der Waals surface area contributed by atoms with E-state index in [0.29, 0.717) is 5.92 Å². The highest BCUT2D eigenvalue weighted by molar-refractivity contribution is 5.91. The van der Waals surface area contributed by atoms with Crippen molar-refractivity contribution in [3.05, 3.63) is 111 Å². The lowest BCUT2D eigenvalue weighted by atomic mass is 9.93. The third kappa shape index (κ3) is 5.39. The van der Waals surface area contributed by atoms with Crippen LogP contribution in [0.4, 0.5) is 0 Å². The first-order chi connectivity index (χ1) is 16.5. The molecule has 1 N–H and O–H groups in total. The number of rotatable bonds is 5. The van der Waals surface area contributed by atoms with Crippen LogP contribution in [0, 0.1) is 12.8 Å². The molecule has 1 aliphatic heterocycles. The number of hydrogen-bond donors (Lipinski definition) is 1. The molecule has 174 valence electrons. The number of nitrogens with one attached hydrogen (secondary N) is 1. The van der Waals surface area contributed by atoms with Crippen LogP contribution in [0.25, 0.3) is 23.9 Å². The summed E-state index contributed by atoms with van der Waals surface area (Å²) in [6, 6.07) is 12.8. The molecule has 2 heterocycles. The van der Waals surface area contributed by atoms with Gasteiger partial charge in [0.15, 0.2) is 0 Å². The number of nitrogens with zero attached hydrogens (tertiary/aromatic N) is 1. The fraction of sp³-hybridized carbons (Fsp3) is 0.281. The van der Waals surface area contributed by atoms with E-state index in [1.165, 1.54) is 27.5 Å². The standard InChI is InChI=1S/C32H36N2/c1-6-25(27-12-8-11-26(17-18-27)22(2)3)20-29-21-28(16-15-23(29)4)30-13-9-19-33-32(30)31-14-7-10-24(5)34-31/h6-7,9-12,14-16,19-22,33H,4,8,13,17-18H2,1-3,5H3/b25-6+,29-20-. The van der Waals surface area contributed by atoms with Gasteiger partial charge in [-0.25, -0.2) is 0 Å². The average Bonchev–Trinajstić information content (AvgIpc) is 3.10. The van der Waals surface area contributed by atoms with E-state index < -0.39 is 0 Å². The monoisotopic (exact) mass is 448 g/mol. The minimum atomic E-state index is 0.623. The second kappa shape index (κ2) is 10.7.